The van der Waals surface area contributed by atoms with Gasteiger partial charge >= 0.3 is 12.1 Å². The summed E-state index contributed by atoms with van der Waals surface area (Å²) in [6.07, 6.45) is 5.44. The van der Waals surface area contributed by atoms with Crippen molar-refractivity contribution in [2.45, 2.75) is 32.1 Å². The van der Waals surface area contributed by atoms with Gasteiger partial charge in [0.05, 0.1) is 6.54 Å². The van der Waals surface area contributed by atoms with Gasteiger partial charge in [-0.05, 0) is 31.0 Å². The number of cyclic esters (lactones) is 1. The molecule has 2 aliphatic rings. The highest BCUT2D eigenvalue weighted by Crippen LogP contribution is 2.23. The van der Waals surface area contributed by atoms with E-state index in [4.69, 9.17) is 4.74 Å². The van der Waals surface area contributed by atoms with Crippen molar-refractivity contribution >= 4 is 23.5 Å². The van der Waals surface area contributed by atoms with E-state index in [0.717, 1.165) is 31.6 Å². The van der Waals surface area contributed by atoms with E-state index in [1.165, 1.54) is 19.3 Å². The Hall–Kier alpha value is -2.24. The van der Waals surface area contributed by atoms with Gasteiger partial charge in [-0.2, -0.15) is 0 Å². The van der Waals surface area contributed by atoms with E-state index in [0.29, 0.717) is 18.8 Å². The average molecular weight is 317 g/mol. The van der Waals surface area contributed by atoms with Crippen molar-refractivity contribution in [2.24, 2.45) is 0 Å². The van der Waals surface area contributed by atoms with Gasteiger partial charge in [0, 0.05) is 24.5 Å². The van der Waals surface area contributed by atoms with Crippen LogP contribution >= 0.6 is 0 Å². The van der Waals surface area contributed by atoms with Crippen LogP contribution in [-0.4, -0.2) is 43.3 Å². The fourth-order valence-corrected chi connectivity index (χ4v) is 3.03. The van der Waals surface area contributed by atoms with Gasteiger partial charge < -0.3 is 15.0 Å². The van der Waals surface area contributed by atoms with Gasteiger partial charge in [-0.3, -0.25) is 4.90 Å². The first-order chi connectivity index (χ1) is 11.2. The number of rotatable bonds is 2. The smallest absolute Gasteiger partial charge is 0.414 e. The fourth-order valence-electron chi connectivity index (χ4n) is 3.03. The molecule has 0 bridgehead atoms. The van der Waals surface area contributed by atoms with E-state index >= 15 is 0 Å². The monoisotopic (exact) mass is 317 g/mol. The molecule has 1 aromatic carbocycles. The van der Waals surface area contributed by atoms with E-state index in [9.17, 15) is 9.59 Å². The topological polar surface area (TPSA) is 61.9 Å². The highest BCUT2D eigenvalue weighted by molar-refractivity contribution is 5.93. The van der Waals surface area contributed by atoms with Crippen molar-refractivity contribution in [1.29, 1.82) is 0 Å². The van der Waals surface area contributed by atoms with Crippen molar-refractivity contribution in [3.8, 4) is 0 Å². The maximum atomic E-state index is 12.4. The van der Waals surface area contributed by atoms with E-state index in [2.05, 4.69) is 5.32 Å². The van der Waals surface area contributed by atoms with Crippen LogP contribution in [0.5, 0.6) is 0 Å². The highest BCUT2D eigenvalue weighted by atomic mass is 16.6. The first kappa shape index (κ1) is 15.6. The van der Waals surface area contributed by atoms with Crippen LogP contribution < -0.4 is 10.2 Å². The summed E-state index contributed by atoms with van der Waals surface area (Å²) < 4.78 is 4.95. The minimum Gasteiger partial charge on any atom is -0.447 e. The third-order valence-corrected chi connectivity index (χ3v) is 4.31. The summed E-state index contributed by atoms with van der Waals surface area (Å²) in [7, 11) is 0. The second kappa shape index (κ2) is 7.35. The predicted octanol–water partition coefficient (Wildman–Crippen LogP) is 3.44. The Morgan fingerprint density at radius 3 is 2.48 bits per heavy atom. The quantitative estimate of drug-likeness (QED) is 0.909. The Bertz CT molecular complexity index is 568. The number of anilines is 2. The van der Waals surface area contributed by atoms with Crippen molar-refractivity contribution in [1.82, 2.24) is 4.90 Å². The van der Waals surface area contributed by atoms with Gasteiger partial charge in [0.15, 0.2) is 0 Å². The number of nitrogens with zero attached hydrogens (tertiary/aromatic N) is 2. The molecule has 0 aliphatic carbocycles. The van der Waals surface area contributed by atoms with E-state index < -0.39 is 0 Å². The molecule has 3 rings (SSSR count). The minimum atomic E-state index is -0.336. The zero-order chi connectivity index (χ0) is 16.1. The van der Waals surface area contributed by atoms with Gasteiger partial charge in [-0.1, -0.05) is 25.3 Å². The lowest BCUT2D eigenvalue weighted by Crippen LogP contribution is -2.37. The standard InChI is InChI=1S/C17H23N3O3/c21-16(19-9-4-2-1-3-5-10-19)18-14-7-6-8-15(13-14)20-11-12-23-17(20)22/h6-8,13H,1-5,9-12H2,(H,18,21). The van der Waals surface area contributed by atoms with Crippen molar-refractivity contribution in [3.05, 3.63) is 24.3 Å². The molecule has 0 saturated carbocycles. The number of benzene rings is 1. The molecule has 124 valence electrons. The highest BCUT2D eigenvalue weighted by Gasteiger charge is 2.24. The predicted molar refractivity (Wildman–Crippen MR) is 88.8 cm³/mol. The zero-order valence-electron chi connectivity index (χ0n) is 13.3. The van der Waals surface area contributed by atoms with Gasteiger partial charge in [0.1, 0.15) is 6.61 Å². The van der Waals surface area contributed by atoms with Crippen LogP contribution in [0, 0.1) is 0 Å². The molecular formula is C17H23N3O3. The van der Waals surface area contributed by atoms with Crippen LogP contribution in [0.25, 0.3) is 0 Å². The van der Waals surface area contributed by atoms with Crippen LogP contribution in [-0.2, 0) is 4.74 Å². The fraction of sp³-hybridized carbons (Fsp3) is 0.529. The lowest BCUT2D eigenvalue weighted by molar-refractivity contribution is 0.181. The van der Waals surface area contributed by atoms with E-state index in [-0.39, 0.29) is 12.1 Å². The number of nitrogens with one attached hydrogen (secondary N) is 1. The Balaban J connectivity index is 1.64. The summed E-state index contributed by atoms with van der Waals surface area (Å²) >= 11 is 0. The van der Waals surface area contributed by atoms with Crippen LogP contribution in [0.15, 0.2) is 24.3 Å². The van der Waals surface area contributed by atoms with Crippen LogP contribution in [0.2, 0.25) is 0 Å². The lowest BCUT2D eigenvalue weighted by atomic mass is 10.1. The molecule has 0 radical (unpaired) electrons. The van der Waals surface area contributed by atoms with Crippen molar-refractivity contribution in [3.63, 3.8) is 0 Å². The van der Waals surface area contributed by atoms with Crippen molar-refractivity contribution < 1.29 is 14.3 Å². The summed E-state index contributed by atoms with van der Waals surface area (Å²) in [5, 5.41) is 2.95. The van der Waals surface area contributed by atoms with Crippen LogP contribution in [0.3, 0.4) is 0 Å². The largest absolute Gasteiger partial charge is 0.447 e. The molecule has 2 aliphatic heterocycles. The molecule has 1 N–H and O–H groups in total. The third-order valence-electron chi connectivity index (χ3n) is 4.31. The summed E-state index contributed by atoms with van der Waals surface area (Å²) in [5.74, 6) is 0. The van der Waals surface area contributed by atoms with Crippen molar-refractivity contribution in [2.75, 3.05) is 36.5 Å². The third kappa shape index (κ3) is 3.94. The summed E-state index contributed by atoms with van der Waals surface area (Å²) in [4.78, 5) is 27.5. The molecule has 2 fully saturated rings. The number of urea groups is 1. The SMILES string of the molecule is O=C(Nc1cccc(N2CCOC2=O)c1)N1CCCCCCC1. The number of hydrogen-bond donors (Lipinski definition) is 1. The Morgan fingerprint density at radius 2 is 1.78 bits per heavy atom. The Labute approximate surface area is 136 Å². The van der Waals surface area contributed by atoms with Gasteiger partial charge in [-0.25, -0.2) is 9.59 Å². The molecule has 23 heavy (non-hydrogen) atoms. The maximum absolute atomic E-state index is 12.4. The number of hydrogen-bond acceptors (Lipinski definition) is 3. The molecule has 0 unspecified atom stereocenters. The molecule has 0 spiro atoms. The van der Waals surface area contributed by atoms with E-state index in [1.54, 1.807) is 4.90 Å². The average Bonchev–Trinajstić information content (AvgIpc) is 2.93. The maximum Gasteiger partial charge on any atom is 0.414 e. The van der Waals surface area contributed by atoms with Crippen LogP contribution in [0.1, 0.15) is 32.1 Å². The molecule has 0 aromatic heterocycles. The summed E-state index contributed by atoms with van der Waals surface area (Å²) in [6.45, 7) is 2.57. The first-order valence-electron chi connectivity index (χ1n) is 8.34. The molecule has 6 nitrogen and oxygen atoms in total. The summed E-state index contributed by atoms with van der Waals surface area (Å²) in [5.41, 5.74) is 1.45. The molecule has 2 heterocycles. The Kier molecular flexibility index (Phi) is 5.00. The molecule has 3 amide bonds. The number of amides is 3. The van der Waals surface area contributed by atoms with Gasteiger partial charge in [0.2, 0.25) is 0 Å². The van der Waals surface area contributed by atoms with Gasteiger partial charge in [-0.15, -0.1) is 0 Å². The number of likely N-dealkylation sites (tertiary alicyclic amines) is 1. The molecular weight excluding hydrogens is 294 g/mol. The van der Waals surface area contributed by atoms with Crippen LogP contribution in [0.4, 0.5) is 21.0 Å². The molecule has 0 atom stereocenters. The van der Waals surface area contributed by atoms with E-state index in [1.807, 2.05) is 29.2 Å². The molecule has 6 heteroatoms. The molecule has 1 aromatic rings. The molecule has 2 saturated heterocycles. The first-order valence-corrected chi connectivity index (χ1v) is 8.34. The summed E-state index contributed by atoms with van der Waals surface area (Å²) in [6, 6.07) is 7.28. The Morgan fingerprint density at radius 1 is 1.04 bits per heavy atom. The second-order valence-electron chi connectivity index (χ2n) is 6.00. The number of carbonyl (C=O) groups excluding carboxylic acids is 2. The zero-order valence-corrected chi connectivity index (χ0v) is 13.3. The van der Waals surface area contributed by atoms with Gasteiger partial charge in [0.25, 0.3) is 0 Å². The normalized spacial score (nSPS) is 19.0. The number of carbonyl (C=O) groups is 2. The minimum absolute atomic E-state index is 0.0620. The second-order valence-corrected chi connectivity index (χ2v) is 6.00. The number of ether oxygens (including phenoxy) is 1. The lowest BCUT2D eigenvalue weighted by Gasteiger charge is -2.25.